The van der Waals surface area contributed by atoms with Crippen molar-refractivity contribution in [2.75, 3.05) is 18.5 Å². The van der Waals surface area contributed by atoms with E-state index in [9.17, 15) is 4.79 Å². The number of anilines is 1. The molecule has 3 rings (SSSR count). The summed E-state index contributed by atoms with van der Waals surface area (Å²) in [5.41, 5.74) is 1.26. The number of para-hydroxylation sites is 1. The van der Waals surface area contributed by atoms with Crippen LogP contribution in [-0.2, 0) is 4.74 Å². The maximum absolute atomic E-state index is 12.4. The average Bonchev–Trinajstić information content (AvgIpc) is 3.03. The van der Waals surface area contributed by atoms with E-state index in [4.69, 9.17) is 4.74 Å². The van der Waals surface area contributed by atoms with Crippen LogP contribution in [0.15, 0.2) is 45.8 Å². The van der Waals surface area contributed by atoms with E-state index in [1.54, 1.807) is 6.20 Å². The first-order valence-corrected chi connectivity index (χ1v) is 7.74. The van der Waals surface area contributed by atoms with Gasteiger partial charge in [0.1, 0.15) is 4.47 Å². The standard InChI is InChI=1S/C15H16BrN3O2/c16-14-13(17-9-12-7-4-8-21-12)10-18-19(15(14)20)11-5-2-1-3-6-11/h1-3,5-6,10,12,17H,4,7-9H2. The Morgan fingerprint density at radius 3 is 2.90 bits per heavy atom. The van der Waals surface area contributed by atoms with Crippen LogP contribution in [0.5, 0.6) is 0 Å². The lowest BCUT2D eigenvalue weighted by molar-refractivity contribution is 0.120. The summed E-state index contributed by atoms with van der Waals surface area (Å²) in [6.45, 7) is 1.51. The maximum Gasteiger partial charge on any atom is 0.287 e. The average molecular weight is 350 g/mol. The molecule has 0 amide bonds. The number of hydrogen-bond acceptors (Lipinski definition) is 4. The van der Waals surface area contributed by atoms with Gasteiger partial charge in [0.2, 0.25) is 0 Å². The third-order valence-corrected chi connectivity index (χ3v) is 4.23. The molecule has 0 saturated carbocycles. The summed E-state index contributed by atoms with van der Waals surface area (Å²) in [5, 5.41) is 7.45. The molecule has 0 aliphatic carbocycles. The fraction of sp³-hybridized carbons (Fsp3) is 0.333. The van der Waals surface area contributed by atoms with Crippen molar-refractivity contribution in [2.45, 2.75) is 18.9 Å². The van der Waals surface area contributed by atoms with Gasteiger partial charge in [0, 0.05) is 13.2 Å². The van der Waals surface area contributed by atoms with Gasteiger partial charge in [-0.05, 0) is 40.9 Å². The molecule has 1 aromatic carbocycles. The summed E-state index contributed by atoms with van der Waals surface area (Å²) in [4.78, 5) is 12.4. The van der Waals surface area contributed by atoms with Gasteiger partial charge in [-0.3, -0.25) is 4.79 Å². The lowest BCUT2D eigenvalue weighted by atomic mass is 10.2. The van der Waals surface area contributed by atoms with E-state index in [0.717, 1.165) is 25.1 Å². The van der Waals surface area contributed by atoms with Gasteiger partial charge in [-0.25, -0.2) is 0 Å². The van der Waals surface area contributed by atoms with Crippen LogP contribution < -0.4 is 10.9 Å². The second-order valence-corrected chi connectivity index (χ2v) is 5.73. The molecule has 1 aliphatic rings. The number of aromatic nitrogens is 2. The van der Waals surface area contributed by atoms with Gasteiger partial charge >= 0.3 is 0 Å². The first kappa shape index (κ1) is 14.3. The van der Waals surface area contributed by atoms with Gasteiger partial charge in [0.05, 0.1) is 23.7 Å². The highest BCUT2D eigenvalue weighted by molar-refractivity contribution is 9.10. The molecule has 1 saturated heterocycles. The molecule has 0 radical (unpaired) electrons. The lowest BCUT2D eigenvalue weighted by Crippen LogP contribution is -2.25. The van der Waals surface area contributed by atoms with Crippen LogP contribution in [0, 0.1) is 0 Å². The Balaban J connectivity index is 1.81. The van der Waals surface area contributed by atoms with Gasteiger partial charge in [0.15, 0.2) is 0 Å². The zero-order chi connectivity index (χ0) is 14.7. The van der Waals surface area contributed by atoms with E-state index in [1.165, 1.54) is 4.68 Å². The minimum absolute atomic E-state index is 0.182. The summed E-state index contributed by atoms with van der Waals surface area (Å²) in [6, 6.07) is 9.35. The van der Waals surface area contributed by atoms with Crippen molar-refractivity contribution in [1.29, 1.82) is 0 Å². The molecule has 1 aromatic heterocycles. The highest BCUT2D eigenvalue weighted by Gasteiger charge is 2.16. The van der Waals surface area contributed by atoms with Crippen molar-refractivity contribution < 1.29 is 4.74 Å². The van der Waals surface area contributed by atoms with Crippen molar-refractivity contribution in [2.24, 2.45) is 0 Å². The molecule has 1 N–H and O–H groups in total. The quantitative estimate of drug-likeness (QED) is 0.921. The second-order valence-electron chi connectivity index (χ2n) is 4.94. The van der Waals surface area contributed by atoms with E-state index in [-0.39, 0.29) is 11.7 Å². The van der Waals surface area contributed by atoms with Crippen molar-refractivity contribution >= 4 is 21.6 Å². The summed E-state index contributed by atoms with van der Waals surface area (Å²) >= 11 is 3.36. The molecule has 1 fully saturated rings. The summed E-state index contributed by atoms with van der Waals surface area (Å²) < 4.78 is 7.42. The number of rotatable bonds is 4. The zero-order valence-electron chi connectivity index (χ0n) is 11.5. The zero-order valence-corrected chi connectivity index (χ0v) is 13.0. The molecule has 0 spiro atoms. The highest BCUT2D eigenvalue weighted by atomic mass is 79.9. The summed E-state index contributed by atoms with van der Waals surface area (Å²) in [5.74, 6) is 0. The van der Waals surface area contributed by atoms with Crippen molar-refractivity contribution in [3.63, 3.8) is 0 Å². The minimum atomic E-state index is -0.182. The van der Waals surface area contributed by atoms with E-state index in [0.29, 0.717) is 16.7 Å². The first-order valence-electron chi connectivity index (χ1n) is 6.94. The van der Waals surface area contributed by atoms with E-state index < -0.39 is 0 Å². The number of ether oxygens (including phenoxy) is 1. The predicted molar refractivity (Wildman–Crippen MR) is 85.0 cm³/mol. The van der Waals surface area contributed by atoms with Gasteiger partial charge in [-0.15, -0.1) is 0 Å². The van der Waals surface area contributed by atoms with Crippen molar-refractivity contribution in [1.82, 2.24) is 9.78 Å². The van der Waals surface area contributed by atoms with Gasteiger partial charge in [-0.2, -0.15) is 9.78 Å². The number of hydrogen-bond donors (Lipinski definition) is 1. The molecule has 6 heteroatoms. The lowest BCUT2D eigenvalue weighted by Gasteiger charge is -2.13. The normalized spacial score (nSPS) is 17.9. The third kappa shape index (κ3) is 3.16. The van der Waals surface area contributed by atoms with Crippen molar-refractivity contribution in [3.05, 3.63) is 51.4 Å². The van der Waals surface area contributed by atoms with Crippen LogP contribution in [-0.4, -0.2) is 29.0 Å². The monoisotopic (exact) mass is 349 g/mol. The molecule has 2 heterocycles. The molecular weight excluding hydrogens is 334 g/mol. The number of benzene rings is 1. The molecule has 110 valence electrons. The number of nitrogens with one attached hydrogen (secondary N) is 1. The Morgan fingerprint density at radius 1 is 1.38 bits per heavy atom. The van der Waals surface area contributed by atoms with Crippen LogP contribution in [0.4, 0.5) is 5.69 Å². The van der Waals surface area contributed by atoms with Crippen LogP contribution >= 0.6 is 15.9 Å². The van der Waals surface area contributed by atoms with Gasteiger partial charge in [0.25, 0.3) is 5.56 Å². The van der Waals surface area contributed by atoms with E-state index in [2.05, 4.69) is 26.3 Å². The number of halogens is 1. The van der Waals surface area contributed by atoms with Gasteiger partial charge in [-0.1, -0.05) is 18.2 Å². The Kier molecular flexibility index (Phi) is 4.36. The fourth-order valence-electron chi connectivity index (χ4n) is 2.34. The summed E-state index contributed by atoms with van der Waals surface area (Å²) in [6.07, 6.45) is 4.03. The second kappa shape index (κ2) is 6.41. The Morgan fingerprint density at radius 2 is 2.19 bits per heavy atom. The Labute approximate surface area is 131 Å². The predicted octanol–water partition coefficient (Wildman–Crippen LogP) is 2.59. The van der Waals surface area contributed by atoms with Crippen LogP contribution in [0.3, 0.4) is 0 Å². The third-order valence-electron chi connectivity index (χ3n) is 3.46. The fourth-order valence-corrected chi connectivity index (χ4v) is 2.75. The maximum atomic E-state index is 12.4. The summed E-state index contributed by atoms with van der Waals surface area (Å²) in [7, 11) is 0. The Hall–Kier alpha value is -1.66. The first-order chi connectivity index (χ1) is 10.3. The SMILES string of the molecule is O=c1c(Br)c(NCC2CCCO2)cnn1-c1ccccc1. The minimum Gasteiger partial charge on any atom is -0.380 e. The number of nitrogens with zero attached hydrogens (tertiary/aromatic N) is 2. The molecular formula is C15H16BrN3O2. The van der Waals surface area contributed by atoms with Crippen LogP contribution in [0.25, 0.3) is 5.69 Å². The smallest absolute Gasteiger partial charge is 0.287 e. The van der Waals surface area contributed by atoms with Crippen LogP contribution in [0.2, 0.25) is 0 Å². The van der Waals surface area contributed by atoms with E-state index >= 15 is 0 Å². The molecule has 1 unspecified atom stereocenters. The molecule has 1 aliphatic heterocycles. The molecule has 1 atom stereocenters. The largest absolute Gasteiger partial charge is 0.380 e. The van der Waals surface area contributed by atoms with E-state index in [1.807, 2.05) is 30.3 Å². The highest BCUT2D eigenvalue weighted by Crippen LogP contribution is 2.19. The molecule has 21 heavy (non-hydrogen) atoms. The molecule has 5 nitrogen and oxygen atoms in total. The van der Waals surface area contributed by atoms with Gasteiger partial charge < -0.3 is 10.1 Å². The molecule has 2 aromatic rings. The Bertz CT molecular complexity index is 666. The molecule has 0 bridgehead atoms. The van der Waals surface area contributed by atoms with Crippen LogP contribution in [0.1, 0.15) is 12.8 Å². The topological polar surface area (TPSA) is 56.1 Å². The van der Waals surface area contributed by atoms with Crippen molar-refractivity contribution in [3.8, 4) is 5.69 Å².